The molecule has 2 heterocycles. The Morgan fingerprint density at radius 3 is 2.64 bits per heavy atom. The van der Waals surface area contributed by atoms with E-state index in [2.05, 4.69) is 4.98 Å². The number of ether oxygens (including phenoxy) is 2. The van der Waals surface area contributed by atoms with Crippen molar-refractivity contribution < 1.29 is 27.6 Å². The molecule has 2 aromatic rings. The first-order valence-corrected chi connectivity index (χ1v) is 8.45. The molecule has 0 spiro atoms. The standard InChI is InChI=1S/C17H19F3N4O4/c1-16(11-23-9-14(24(25)26)21-15(23)28-16)10-22(2)7-8-27-13-5-3-12(4-6-13)17(18,19)20/h3-6,9H,7-8,10-11H2,1-2H3. The zero-order chi connectivity index (χ0) is 20.5. The molecule has 1 aromatic carbocycles. The molecule has 0 N–H and O–H groups in total. The van der Waals surface area contributed by atoms with Crippen molar-refractivity contribution in [2.45, 2.75) is 25.2 Å². The monoisotopic (exact) mass is 400 g/mol. The Kier molecular flexibility index (Phi) is 5.20. The summed E-state index contributed by atoms with van der Waals surface area (Å²) in [5, 5.41) is 10.7. The number of imidazole rings is 1. The van der Waals surface area contributed by atoms with Crippen molar-refractivity contribution in [2.75, 3.05) is 26.7 Å². The predicted molar refractivity (Wildman–Crippen MR) is 92.4 cm³/mol. The largest absolute Gasteiger partial charge is 0.492 e. The number of aromatic nitrogens is 2. The Morgan fingerprint density at radius 2 is 2.07 bits per heavy atom. The highest BCUT2D eigenvalue weighted by Crippen LogP contribution is 2.32. The van der Waals surface area contributed by atoms with Crippen molar-refractivity contribution in [3.8, 4) is 11.8 Å². The molecular formula is C17H19F3N4O4. The van der Waals surface area contributed by atoms with Gasteiger partial charge in [-0.25, -0.2) is 0 Å². The maximum atomic E-state index is 12.5. The van der Waals surface area contributed by atoms with Crippen LogP contribution in [0.3, 0.4) is 0 Å². The lowest BCUT2D eigenvalue weighted by atomic mass is 10.1. The van der Waals surface area contributed by atoms with Crippen LogP contribution in [0.1, 0.15) is 12.5 Å². The number of hydrogen-bond donors (Lipinski definition) is 0. The molecule has 1 aliphatic heterocycles. The normalized spacial score (nSPS) is 18.8. The molecule has 11 heteroatoms. The molecule has 1 aromatic heterocycles. The number of halogens is 3. The zero-order valence-electron chi connectivity index (χ0n) is 15.3. The average Bonchev–Trinajstić information content (AvgIpc) is 3.09. The fourth-order valence-electron chi connectivity index (χ4n) is 3.07. The molecule has 3 rings (SSSR count). The van der Waals surface area contributed by atoms with E-state index in [0.717, 1.165) is 12.1 Å². The molecule has 28 heavy (non-hydrogen) atoms. The van der Waals surface area contributed by atoms with Crippen LogP contribution in [-0.4, -0.2) is 51.7 Å². The first-order chi connectivity index (χ1) is 13.1. The van der Waals surface area contributed by atoms with E-state index in [1.807, 2.05) is 18.9 Å². The minimum absolute atomic E-state index is 0.212. The lowest BCUT2D eigenvalue weighted by molar-refractivity contribution is -0.389. The number of nitrogens with zero attached hydrogens (tertiary/aromatic N) is 4. The minimum Gasteiger partial charge on any atom is -0.492 e. The predicted octanol–water partition coefficient (Wildman–Crippen LogP) is 2.97. The fraction of sp³-hybridized carbons (Fsp3) is 0.471. The molecule has 0 radical (unpaired) electrons. The molecule has 0 amide bonds. The number of benzene rings is 1. The Hall–Kier alpha value is -2.82. The third-order valence-electron chi connectivity index (χ3n) is 4.28. The molecule has 1 unspecified atom stereocenters. The molecule has 0 fully saturated rings. The molecule has 0 saturated heterocycles. The molecule has 0 aliphatic carbocycles. The number of hydrogen-bond acceptors (Lipinski definition) is 6. The Balaban J connectivity index is 1.46. The molecular weight excluding hydrogens is 381 g/mol. The Labute approximate surface area is 158 Å². The van der Waals surface area contributed by atoms with Crippen LogP contribution in [0.15, 0.2) is 30.5 Å². The van der Waals surface area contributed by atoms with Crippen molar-refractivity contribution in [2.24, 2.45) is 0 Å². The van der Waals surface area contributed by atoms with Crippen molar-refractivity contribution in [1.82, 2.24) is 14.5 Å². The summed E-state index contributed by atoms with van der Waals surface area (Å²) in [6.45, 7) is 3.62. The smallest absolute Gasteiger partial charge is 0.416 e. The highest BCUT2D eigenvalue weighted by atomic mass is 19.4. The summed E-state index contributed by atoms with van der Waals surface area (Å²) in [7, 11) is 1.86. The molecule has 1 atom stereocenters. The molecule has 152 valence electrons. The van der Waals surface area contributed by atoms with Crippen molar-refractivity contribution in [3.63, 3.8) is 0 Å². The van der Waals surface area contributed by atoms with Gasteiger partial charge >= 0.3 is 18.0 Å². The summed E-state index contributed by atoms with van der Waals surface area (Å²) in [5.74, 6) is 0.104. The topological polar surface area (TPSA) is 82.7 Å². The Morgan fingerprint density at radius 1 is 1.39 bits per heavy atom. The SMILES string of the molecule is CN(CCOc1ccc(C(F)(F)F)cc1)CC1(C)Cn2cc([N+](=O)[O-])nc2O1. The summed E-state index contributed by atoms with van der Waals surface area (Å²) in [5.41, 5.74) is -1.32. The summed E-state index contributed by atoms with van der Waals surface area (Å²) in [6.07, 6.45) is -3.03. The summed E-state index contributed by atoms with van der Waals surface area (Å²) >= 11 is 0. The lowest BCUT2D eigenvalue weighted by Crippen LogP contribution is -2.44. The molecule has 0 saturated carbocycles. The van der Waals surface area contributed by atoms with Gasteiger partial charge in [-0.15, -0.1) is 0 Å². The van der Waals surface area contributed by atoms with Crippen LogP contribution in [-0.2, 0) is 12.7 Å². The minimum atomic E-state index is -4.37. The zero-order valence-corrected chi connectivity index (χ0v) is 15.3. The molecule has 1 aliphatic rings. The van der Waals surface area contributed by atoms with Gasteiger partial charge in [0.05, 0.1) is 12.1 Å². The lowest BCUT2D eigenvalue weighted by Gasteiger charge is -2.28. The second kappa shape index (κ2) is 7.30. The van der Waals surface area contributed by atoms with E-state index in [9.17, 15) is 23.3 Å². The fourth-order valence-corrected chi connectivity index (χ4v) is 3.07. The van der Waals surface area contributed by atoms with Gasteiger partial charge in [0.1, 0.15) is 24.2 Å². The first kappa shape index (κ1) is 19.9. The third-order valence-corrected chi connectivity index (χ3v) is 4.28. The van der Waals surface area contributed by atoms with E-state index in [4.69, 9.17) is 9.47 Å². The van der Waals surface area contributed by atoms with E-state index in [-0.39, 0.29) is 18.4 Å². The third kappa shape index (κ3) is 4.53. The maximum absolute atomic E-state index is 12.5. The summed E-state index contributed by atoms with van der Waals surface area (Å²) in [4.78, 5) is 16.0. The van der Waals surface area contributed by atoms with Gasteiger partial charge in [0.2, 0.25) is 0 Å². The van der Waals surface area contributed by atoms with Crippen LogP contribution in [0.25, 0.3) is 0 Å². The van der Waals surface area contributed by atoms with Gasteiger partial charge in [-0.05, 0) is 43.2 Å². The van der Waals surface area contributed by atoms with Crippen LogP contribution < -0.4 is 9.47 Å². The van der Waals surface area contributed by atoms with Gasteiger partial charge in [0.15, 0.2) is 0 Å². The Bertz CT molecular complexity index is 828. The van der Waals surface area contributed by atoms with Crippen LogP contribution in [0.2, 0.25) is 0 Å². The number of likely N-dealkylation sites (N-methyl/N-ethyl adjacent to an activating group) is 1. The van der Waals surface area contributed by atoms with Gasteiger partial charge < -0.3 is 19.6 Å². The number of fused-ring (bicyclic) bond motifs is 1. The van der Waals surface area contributed by atoms with Gasteiger partial charge in [-0.1, -0.05) is 0 Å². The highest BCUT2D eigenvalue weighted by molar-refractivity contribution is 5.28. The van der Waals surface area contributed by atoms with E-state index < -0.39 is 22.3 Å². The molecule has 8 nitrogen and oxygen atoms in total. The van der Waals surface area contributed by atoms with Crippen LogP contribution >= 0.6 is 0 Å². The van der Waals surface area contributed by atoms with Gasteiger partial charge in [0, 0.05) is 18.1 Å². The molecule has 0 bridgehead atoms. The summed E-state index contributed by atoms with van der Waals surface area (Å²) in [6, 6.07) is 4.75. The second-order valence-electron chi connectivity index (χ2n) is 6.93. The van der Waals surface area contributed by atoms with Gasteiger partial charge in [-0.2, -0.15) is 13.2 Å². The maximum Gasteiger partial charge on any atom is 0.416 e. The van der Waals surface area contributed by atoms with Crippen molar-refractivity contribution in [1.29, 1.82) is 0 Å². The van der Waals surface area contributed by atoms with Crippen LogP contribution in [0.5, 0.6) is 11.8 Å². The number of nitro groups is 1. The highest BCUT2D eigenvalue weighted by Gasteiger charge is 2.40. The second-order valence-corrected chi connectivity index (χ2v) is 6.93. The first-order valence-electron chi connectivity index (χ1n) is 8.45. The van der Waals surface area contributed by atoms with Crippen LogP contribution in [0.4, 0.5) is 19.0 Å². The van der Waals surface area contributed by atoms with E-state index >= 15 is 0 Å². The van der Waals surface area contributed by atoms with Crippen molar-refractivity contribution >= 4 is 5.82 Å². The number of rotatable bonds is 7. The van der Waals surface area contributed by atoms with Crippen LogP contribution in [0, 0.1) is 10.1 Å². The summed E-state index contributed by atoms with van der Waals surface area (Å²) < 4.78 is 50.5. The van der Waals surface area contributed by atoms with E-state index in [1.165, 1.54) is 18.3 Å². The quantitative estimate of drug-likeness (QED) is 0.525. The van der Waals surface area contributed by atoms with Gasteiger partial charge in [-0.3, -0.25) is 9.47 Å². The van der Waals surface area contributed by atoms with E-state index in [0.29, 0.717) is 25.4 Å². The van der Waals surface area contributed by atoms with E-state index in [1.54, 1.807) is 4.57 Å². The van der Waals surface area contributed by atoms with Crippen molar-refractivity contribution in [3.05, 3.63) is 46.1 Å². The average molecular weight is 400 g/mol. The number of alkyl halides is 3. The van der Waals surface area contributed by atoms with Gasteiger partial charge in [0.25, 0.3) is 0 Å².